The summed E-state index contributed by atoms with van der Waals surface area (Å²) in [6, 6.07) is 9.27. The molecule has 0 saturated heterocycles. The van der Waals surface area contributed by atoms with Gasteiger partial charge >= 0.3 is 5.97 Å². The average Bonchev–Trinajstić information content (AvgIpc) is 2.59. The van der Waals surface area contributed by atoms with E-state index in [9.17, 15) is 9.90 Å². The molecule has 72 valence electrons. The van der Waals surface area contributed by atoms with Crippen LogP contribution in [0.4, 0.5) is 0 Å². The Bertz CT molecular complexity index is 442. The Balaban J connectivity index is 2.50. The average molecular weight is 208 g/mol. The minimum Gasteiger partial charge on any atom is -0.479 e. The number of carboxylic acid groups (broad SMARTS) is 1. The molecule has 2 aromatic rings. The van der Waals surface area contributed by atoms with Gasteiger partial charge in [-0.05, 0) is 17.5 Å². The van der Waals surface area contributed by atoms with Crippen LogP contribution in [0.3, 0.4) is 0 Å². The third kappa shape index (κ3) is 1.49. The molecule has 0 bridgehead atoms. The highest BCUT2D eigenvalue weighted by Gasteiger charge is 2.18. The van der Waals surface area contributed by atoms with Gasteiger partial charge in [0.15, 0.2) is 6.10 Å². The second-order valence-corrected chi connectivity index (χ2v) is 4.04. The Hall–Kier alpha value is -1.39. The van der Waals surface area contributed by atoms with E-state index in [1.165, 1.54) is 11.3 Å². The first-order valence-corrected chi connectivity index (χ1v) is 4.89. The molecule has 0 unspecified atom stereocenters. The molecule has 3 nitrogen and oxygen atoms in total. The normalized spacial score (nSPS) is 12.9. The second-order valence-electron chi connectivity index (χ2n) is 2.93. The fraction of sp³-hybridized carbons (Fsp3) is 0.100. The standard InChI is InChI=1S/C10H8O3S/c11-9(10(12)13)8-5-6-3-1-2-4-7(6)14-8/h1-5,9,11H,(H,12,13)/t9-/m0/s1. The molecule has 1 atom stereocenters. The van der Waals surface area contributed by atoms with Crippen molar-refractivity contribution in [2.45, 2.75) is 6.10 Å². The smallest absolute Gasteiger partial charge is 0.338 e. The van der Waals surface area contributed by atoms with Crippen LogP contribution in [0.25, 0.3) is 10.1 Å². The second kappa shape index (κ2) is 3.40. The highest BCUT2D eigenvalue weighted by atomic mass is 32.1. The van der Waals surface area contributed by atoms with E-state index in [4.69, 9.17) is 5.11 Å². The number of hydrogen-bond donors (Lipinski definition) is 2. The van der Waals surface area contributed by atoms with Gasteiger partial charge < -0.3 is 10.2 Å². The maximum absolute atomic E-state index is 10.5. The van der Waals surface area contributed by atoms with Crippen LogP contribution >= 0.6 is 11.3 Å². The topological polar surface area (TPSA) is 57.5 Å². The highest BCUT2D eigenvalue weighted by Crippen LogP contribution is 2.29. The lowest BCUT2D eigenvalue weighted by Crippen LogP contribution is -2.08. The van der Waals surface area contributed by atoms with Crippen molar-refractivity contribution in [3.8, 4) is 0 Å². The fourth-order valence-electron chi connectivity index (χ4n) is 1.26. The lowest BCUT2D eigenvalue weighted by molar-refractivity contribution is -0.146. The number of aliphatic hydroxyl groups excluding tert-OH is 1. The van der Waals surface area contributed by atoms with E-state index in [-0.39, 0.29) is 0 Å². The van der Waals surface area contributed by atoms with Gasteiger partial charge in [0.25, 0.3) is 0 Å². The molecule has 0 spiro atoms. The van der Waals surface area contributed by atoms with E-state index in [2.05, 4.69) is 0 Å². The van der Waals surface area contributed by atoms with E-state index in [0.717, 1.165) is 10.1 Å². The van der Waals surface area contributed by atoms with E-state index >= 15 is 0 Å². The van der Waals surface area contributed by atoms with Gasteiger partial charge in [-0.3, -0.25) is 0 Å². The Morgan fingerprint density at radius 2 is 2.07 bits per heavy atom. The Morgan fingerprint density at radius 3 is 2.71 bits per heavy atom. The summed E-state index contributed by atoms with van der Waals surface area (Å²) in [7, 11) is 0. The summed E-state index contributed by atoms with van der Waals surface area (Å²) in [6.07, 6.45) is -1.41. The van der Waals surface area contributed by atoms with Crippen molar-refractivity contribution in [3.05, 3.63) is 35.2 Å². The van der Waals surface area contributed by atoms with E-state index in [1.807, 2.05) is 24.3 Å². The van der Waals surface area contributed by atoms with Crippen LogP contribution in [0.2, 0.25) is 0 Å². The van der Waals surface area contributed by atoms with Crippen LogP contribution in [0.15, 0.2) is 30.3 Å². The maximum Gasteiger partial charge on any atom is 0.338 e. The van der Waals surface area contributed by atoms with Crippen LogP contribution in [0.1, 0.15) is 11.0 Å². The quantitative estimate of drug-likeness (QED) is 0.793. The van der Waals surface area contributed by atoms with Gasteiger partial charge in [-0.2, -0.15) is 0 Å². The number of rotatable bonds is 2. The van der Waals surface area contributed by atoms with Crippen molar-refractivity contribution in [2.24, 2.45) is 0 Å². The molecule has 2 rings (SSSR count). The Kier molecular flexibility index (Phi) is 2.23. The SMILES string of the molecule is O=C(O)[C@@H](O)c1cc2ccccc2s1. The molecule has 1 aromatic carbocycles. The number of carbonyl (C=O) groups is 1. The lowest BCUT2D eigenvalue weighted by Gasteiger charge is -1.99. The summed E-state index contributed by atoms with van der Waals surface area (Å²) in [4.78, 5) is 11.0. The molecule has 0 aliphatic carbocycles. The van der Waals surface area contributed by atoms with Gasteiger partial charge in [0.1, 0.15) is 0 Å². The Labute approximate surface area is 84.2 Å². The number of benzene rings is 1. The van der Waals surface area contributed by atoms with E-state index in [1.54, 1.807) is 6.07 Å². The number of aliphatic carboxylic acids is 1. The van der Waals surface area contributed by atoms with Crippen LogP contribution in [0, 0.1) is 0 Å². The first-order chi connectivity index (χ1) is 6.68. The lowest BCUT2D eigenvalue weighted by atomic mass is 10.2. The number of carboxylic acids is 1. The summed E-state index contributed by atoms with van der Waals surface area (Å²) in [5, 5.41) is 18.9. The van der Waals surface area contributed by atoms with Crippen molar-refractivity contribution in [3.63, 3.8) is 0 Å². The van der Waals surface area contributed by atoms with E-state index in [0.29, 0.717) is 4.88 Å². The zero-order valence-electron chi connectivity index (χ0n) is 7.18. The summed E-state index contributed by atoms with van der Waals surface area (Å²) in [5.41, 5.74) is 0. The van der Waals surface area contributed by atoms with Crippen LogP contribution in [-0.2, 0) is 4.79 Å². The zero-order chi connectivity index (χ0) is 10.1. The molecular weight excluding hydrogens is 200 g/mol. The molecule has 0 aliphatic rings. The largest absolute Gasteiger partial charge is 0.479 e. The van der Waals surface area contributed by atoms with E-state index < -0.39 is 12.1 Å². The van der Waals surface area contributed by atoms with Crippen molar-refractivity contribution in [1.82, 2.24) is 0 Å². The summed E-state index contributed by atoms with van der Waals surface area (Å²) >= 11 is 1.30. The van der Waals surface area contributed by atoms with Gasteiger partial charge in [-0.1, -0.05) is 18.2 Å². The molecule has 14 heavy (non-hydrogen) atoms. The molecule has 2 N–H and O–H groups in total. The predicted octanol–water partition coefficient (Wildman–Crippen LogP) is 2.02. The van der Waals surface area contributed by atoms with Crippen molar-refractivity contribution in [2.75, 3.05) is 0 Å². The number of thiophene rings is 1. The Morgan fingerprint density at radius 1 is 1.36 bits per heavy atom. The predicted molar refractivity (Wildman–Crippen MR) is 54.4 cm³/mol. The van der Waals surface area contributed by atoms with Gasteiger partial charge in [-0.25, -0.2) is 4.79 Å². The van der Waals surface area contributed by atoms with Crippen LogP contribution in [-0.4, -0.2) is 16.2 Å². The van der Waals surface area contributed by atoms with Crippen LogP contribution in [0.5, 0.6) is 0 Å². The number of aliphatic hydroxyl groups is 1. The van der Waals surface area contributed by atoms with Gasteiger partial charge in [0.2, 0.25) is 0 Å². The number of hydrogen-bond acceptors (Lipinski definition) is 3. The molecule has 0 fully saturated rings. The minimum atomic E-state index is -1.41. The molecule has 0 saturated carbocycles. The van der Waals surface area contributed by atoms with Crippen molar-refractivity contribution < 1.29 is 15.0 Å². The maximum atomic E-state index is 10.5. The monoisotopic (exact) mass is 208 g/mol. The van der Waals surface area contributed by atoms with Crippen molar-refractivity contribution in [1.29, 1.82) is 0 Å². The van der Waals surface area contributed by atoms with Crippen LogP contribution < -0.4 is 0 Å². The molecule has 0 amide bonds. The molecule has 0 aliphatic heterocycles. The first-order valence-electron chi connectivity index (χ1n) is 4.08. The molecular formula is C10H8O3S. The molecule has 0 radical (unpaired) electrons. The van der Waals surface area contributed by atoms with Gasteiger partial charge in [0, 0.05) is 9.58 Å². The zero-order valence-corrected chi connectivity index (χ0v) is 7.99. The van der Waals surface area contributed by atoms with Crippen molar-refractivity contribution >= 4 is 27.4 Å². The first kappa shape index (κ1) is 9.18. The molecule has 1 aromatic heterocycles. The third-order valence-corrected chi connectivity index (χ3v) is 3.12. The summed E-state index contributed by atoms with van der Waals surface area (Å²) < 4.78 is 0.989. The minimum absolute atomic E-state index is 0.471. The third-order valence-electron chi connectivity index (χ3n) is 1.95. The summed E-state index contributed by atoms with van der Waals surface area (Å²) in [6.45, 7) is 0. The molecule has 1 heterocycles. The fourth-order valence-corrected chi connectivity index (χ4v) is 2.30. The van der Waals surface area contributed by atoms with Gasteiger partial charge in [0.05, 0.1) is 0 Å². The summed E-state index contributed by atoms with van der Waals surface area (Å²) in [5.74, 6) is -1.21. The van der Waals surface area contributed by atoms with Gasteiger partial charge in [-0.15, -0.1) is 11.3 Å². The highest BCUT2D eigenvalue weighted by molar-refractivity contribution is 7.19. The number of fused-ring (bicyclic) bond motifs is 1. The molecule has 4 heteroatoms.